The summed E-state index contributed by atoms with van der Waals surface area (Å²) in [6.07, 6.45) is 8.21. The SMILES string of the molecule is Nc1ccc(C2CCCC2)cc1NC(=O)c1cccnc1. The maximum Gasteiger partial charge on any atom is 0.257 e. The van der Waals surface area contributed by atoms with Crippen molar-refractivity contribution in [1.82, 2.24) is 4.98 Å². The monoisotopic (exact) mass is 281 g/mol. The summed E-state index contributed by atoms with van der Waals surface area (Å²) < 4.78 is 0. The Morgan fingerprint density at radius 1 is 1.24 bits per heavy atom. The predicted molar refractivity (Wildman–Crippen MR) is 84.3 cm³/mol. The average molecular weight is 281 g/mol. The molecule has 4 heteroatoms. The summed E-state index contributed by atoms with van der Waals surface area (Å²) in [6, 6.07) is 9.45. The number of benzene rings is 1. The number of carbonyl (C=O) groups is 1. The lowest BCUT2D eigenvalue weighted by Gasteiger charge is -2.14. The summed E-state index contributed by atoms with van der Waals surface area (Å²) >= 11 is 0. The van der Waals surface area contributed by atoms with Crippen LogP contribution in [0.4, 0.5) is 11.4 Å². The maximum absolute atomic E-state index is 12.2. The Morgan fingerprint density at radius 2 is 2.05 bits per heavy atom. The van der Waals surface area contributed by atoms with Gasteiger partial charge in [0, 0.05) is 12.4 Å². The van der Waals surface area contributed by atoms with Crippen molar-refractivity contribution in [3.8, 4) is 0 Å². The number of nitrogens with two attached hydrogens (primary N) is 1. The number of nitrogen functional groups attached to an aromatic ring is 1. The lowest BCUT2D eigenvalue weighted by Crippen LogP contribution is -2.13. The Balaban J connectivity index is 1.81. The van der Waals surface area contributed by atoms with Gasteiger partial charge in [-0.2, -0.15) is 0 Å². The second-order valence-electron chi connectivity index (χ2n) is 5.52. The van der Waals surface area contributed by atoms with Crippen LogP contribution in [0.25, 0.3) is 0 Å². The molecule has 0 radical (unpaired) electrons. The van der Waals surface area contributed by atoms with Gasteiger partial charge >= 0.3 is 0 Å². The Morgan fingerprint density at radius 3 is 2.76 bits per heavy atom. The van der Waals surface area contributed by atoms with Crippen molar-refractivity contribution in [1.29, 1.82) is 0 Å². The summed E-state index contributed by atoms with van der Waals surface area (Å²) in [7, 11) is 0. The zero-order chi connectivity index (χ0) is 14.7. The zero-order valence-electron chi connectivity index (χ0n) is 11.9. The van der Waals surface area contributed by atoms with Gasteiger partial charge in [-0.1, -0.05) is 18.9 Å². The molecule has 4 nitrogen and oxygen atoms in total. The number of rotatable bonds is 3. The molecule has 1 saturated carbocycles. The van der Waals surface area contributed by atoms with E-state index in [9.17, 15) is 4.79 Å². The van der Waals surface area contributed by atoms with Crippen molar-refractivity contribution in [2.45, 2.75) is 31.6 Å². The van der Waals surface area contributed by atoms with Gasteiger partial charge < -0.3 is 11.1 Å². The van der Waals surface area contributed by atoms with E-state index in [4.69, 9.17) is 5.73 Å². The van der Waals surface area contributed by atoms with E-state index in [1.54, 1.807) is 24.5 Å². The molecule has 2 aromatic rings. The van der Waals surface area contributed by atoms with Crippen molar-refractivity contribution in [3.63, 3.8) is 0 Å². The zero-order valence-corrected chi connectivity index (χ0v) is 11.9. The molecule has 0 saturated heterocycles. The first-order chi connectivity index (χ1) is 10.2. The Labute approximate surface area is 124 Å². The van der Waals surface area contributed by atoms with Crippen LogP contribution in [0.3, 0.4) is 0 Å². The molecule has 1 fully saturated rings. The van der Waals surface area contributed by atoms with Crippen LogP contribution in [0.1, 0.15) is 47.5 Å². The highest BCUT2D eigenvalue weighted by molar-refractivity contribution is 6.05. The van der Waals surface area contributed by atoms with E-state index in [0.29, 0.717) is 22.9 Å². The van der Waals surface area contributed by atoms with Crippen LogP contribution < -0.4 is 11.1 Å². The standard InChI is InChI=1S/C17H19N3O/c18-15-8-7-13(12-4-1-2-5-12)10-16(15)20-17(21)14-6-3-9-19-11-14/h3,6-12H,1-2,4-5,18H2,(H,20,21). The van der Waals surface area contributed by atoms with Crippen molar-refractivity contribution in [3.05, 3.63) is 53.9 Å². The van der Waals surface area contributed by atoms with E-state index in [-0.39, 0.29) is 5.91 Å². The largest absolute Gasteiger partial charge is 0.397 e. The minimum atomic E-state index is -0.182. The number of anilines is 2. The van der Waals surface area contributed by atoms with Crippen LogP contribution in [0, 0.1) is 0 Å². The minimum Gasteiger partial charge on any atom is -0.397 e. The van der Waals surface area contributed by atoms with Gasteiger partial charge in [-0.15, -0.1) is 0 Å². The second-order valence-corrected chi connectivity index (χ2v) is 5.52. The van der Waals surface area contributed by atoms with Crippen LogP contribution in [0.2, 0.25) is 0 Å². The molecule has 1 aromatic heterocycles. The molecule has 0 aliphatic heterocycles. The van der Waals surface area contributed by atoms with Crippen LogP contribution >= 0.6 is 0 Å². The van der Waals surface area contributed by atoms with E-state index in [2.05, 4.69) is 16.4 Å². The third kappa shape index (κ3) is 3.05. The predicted octanol–water partition coefficient (Wildman–Crippen LogP) is 3.57. The first kappa shape index (κ1) is 13.6. The molecule has 0 atom stereocenters. The number of aromatic nitrogens is 1. The first-order valence-electron chi connectivity index (χ1n) is 7.35. The van der Waals surface area contributed by atoms with Gasteiger partial charge in [-0.3, -0.25) is 9.78 Å². The molecule has 1 amide bonds. The summed E-state index contributed by atoms with van der Waals surface area (Å²) in [5.74, 6) is 0.415. The van der Waals surface area contributed by atoms with Gasteiger partial charge in [-0.25, -0.2) is 0 Å². The quantitative estimate of drug-likeness (QED) is 0.845. The summed E-state index contributed by atoms with van der Waals surface area (Å²) in [6.45, 7) is 0. The molecule has 3 rings (SSSR count). The number of nitrogens with one attached hydrogen (secondary N) is 1. The van der Waals surface area contributed by atoms with Gasteiger partial charge in [0.05, 0.1) is 16.9 Å². The minimum absolute atomic E-state index is 0.182. The fourth-order valence-electron chi connectivity index (χ4n) is 2.89. The maximum atomic E-state index is 12.2. The molecular formula is C17H19N3O. The molecule has 1 aromatic carbocycles. The summed E-state index contributed by atoms with van der Waals surface area (Å²) in [5, 5.41) is 2.89. The smallest absolute Gasteiger partial charge is 0.257 e. The van der Waals surface area contributed by atoms with Crippen LogP contribution in [0.15, 0.2) is 42.7 Å². The molecule has 0 bridgehead atoms. The lowest BCUT2D eigenvalue weighted by atomic mass is 9.97. The third-order valence-electron chi connectivity index (χ3n) is 4.08. The van der Waals surface area contributed by atoms with Crippen molar-refractivity contribution in [2.24, 2.45) is 0 Å². The Bertz CT molecular complexity index is 634. The molecule has 1 aliphatic carbocycles. The number of amides is 1. The van der Waals surface area contributed by atoms with Crippen LogP contribution in [-0.4, -0.2) is 10.9 Å². The number of nitrogens with zero attached hydrogens (tertiary/aromatic N) is 1. The highest BCUT2D eigenvalue weighted by atomic mass is 16.1. The Hall–Kier alpha value is -2.36. The van der Waals surface area contributed by atoms with Gasteiger partial charge in [-0.05, 0) is 48.6 Å². The van der Waals surface area contributed by atoms with E-state index in [0.717, 1.165) is 0 Å². The van der Waals surface area contributed by atoms with Crippen molar-refractivity contribution in [2.75, 3.05) is 11.1 Å². The fraction of sp³-hybridized carbons (Fsp3) is 0.294. The van der Waals surface area contributed by atoms with Crippen LogP contribution in [0.5, 0.6) is 0 Å². The number of hydrogen-bond donors (Lipinski definition) is 2. The topological polar surface area (TPSA) is 68.0 Å². The molecule has 21 heavy (non-hydrogen) atoms. The van der Waals surface area contributed by atoms with Crippen molar-refractivity contribution >= 4 is 17.3 Å². The van der Waals surface area contributed by atoms with E-state index in [1.165, 1.54) is 31.2 Å². The molecule has 0 spiro atoms. The molecule has 1 heterocycles. The molecule has 1 aliphatic rings. The van der Waals surface area contributed by atoms with Gasteiger partial charge in [0.25, 0.3) is 5.91 Å². The van der Waals surface area contributed by atoms with Gasteiger partial charge in [0.15, 0.2) is 0 Å². The summed E-state index contributed by atoms with van der Waals surface area (Å²) in [5.41, 5.74) is 9.06. The lowest BCUT2D eigenvalue weighted by molar-refractivity contribution is 0.102. The molecular weight excluding hydrogens is 262 g/mol. The fourth-order valence-corrected chi connectivity index (χ4v) is 2.89. The molecule has 108 valence electrons. The van der Waals surface area contributed by atoms with Crippen LogP contribution in [-0.2, 0) is 0 Å². The highest BCUT2D eigenvalue weighted by Crippen LogP contribution is 2.36. The molecule has 0 unspecified atom stereocenters. The first-order valence-corrected chi connectivity index (χ1v) is 7.35. The molecule has 3 N–H and O–H groups in total. The normalized spacial score (nSPS) is 15.0. The van der Waals surface area contributed by atoms with Gasteiger partial charge in [0.1, 0.15) is 0 Å². The number of pyridine rings is 1. The van der Waals surface area contributed by atoms with E-state index >= 15 is 0 Å². The Kier molecular flexibility index (Phi) is 3.86. The third-order valence-corrected chi connectivity index (χ3v) is 4.08. The highest BCUT2D eigenvalue weighted by Gasteiger charge is 2.18. The average Bonchev–Trinajstić information content (AvgIpc) is 3.04. The number of hydrogen-bond acceptors (Lipinski definition) is 3. The van der Waals surface area contributed by atoms with E-state index < -0.39 is 0 Å². The second kappa shape index (κ2) is 5.95. The van der Waals surface area contributed by atoms with E-state index in [1.807, 2.05) is 12.1 Å². The van der Waals surface area contributed by atoms with Gasteiger partial charge in [0.2, 0.25) is 0 Å². The number of carbonyl (C=O) groups excluding carboxylic acids is 1. The summed E-state index contributed by atoms with van der Waals surface area (Å²) in [4.78, 5) is 16.2. The van der Waals surface area contributed by atoms with Crippen molar-refractivity contribution < 1.29 is 4.79 Å².